The number of rotatable bonds is 9. The van der Waals surface area contributed by atoms with Crippen molar-refractivity contribution < 1.29 is 0 Å². The largest absolute Gasteiger partial charge is 0.378 e. The number of thiazole rings is 1. The van der Waals surface area contributed by atoms with Crippen LogP contribution in [0, 0.1) is 0 Å². The van der Waals surface area contributed by atoms with Crippen molar-refractivity contribution in [1.82, 2.24) is 24.3 Å². The van der Waals surface area contributed by atoms with E-state index in [0.717, 1.165) is 65.0 Å². The van der Waals surface area contributed by atoms with Gasteiger partial charge in [0.1, 0.15) is 5.69 Å². The summed E-state index contributed by atoms with van der Waals surface area (Å²) in [4.78, 5) is 19.9. The quantitative estimate of drug-likeness (QED) is 0.173. The number of fused-ring (bicyclic) bond motifs is 1. The number of nitrogens with zero attached hydrogens (tertiary/aromatic N) is 6. The van der Waals surface area contributed by atoms with E-state index in [-0.39, 0.29) is 6.04 Å². The molecule has 1 aliphatic heterocycles. The molecule has 226 valence electrons. The zero-order chi connectivity index (χ0) is 30.8. The van der Waals surface area contributed by atoms with Crippen molar-refractivity contribution in [3.8, 4) is 33.8 Å². The van der Waals surface area contributed by atoms with Crippen LogP contribution in [0.3, 0.4) is 0 Å². The van der Waals surface area contributed by atoms with Crippen LogP contribution in [-0.4, -0.2) is 57.5 Å². The van der Waals surface area contributed by atoms with Crippen molar-refractivity contribution in [3.63, 3.8) is 0 Å². The van der Waals surface area contributed by atoms with E-state index in [1.165, 1.54) is 16.8 Å². The fourth-order valence-electron chi connectivity index (χ4n) is 5.81. The summed E-state index contributed by atoms with van der Waals surface area (Å²) in [5, 5.41) is 9.13. The molecular weight excluding hydrogens is 577 g/mol. The van der Waals surface area contributed by atoms with Crippen LogP contribution in [0.4, 0.5) is 17.3 Å². The third kappa shape index (κ3) is 6.12. The molecule has 0 amide bonds. The molecule has 1 fully saturated rings. The standard InChI is InChI=1S/C36H36N8S/c1-25(38-29-13-15-31(16-14-29)42(2)3)43-21-18-30(19-22-43)39-35-37-20-17-32(40-35)34-33(41-36-44(34)23-24-45-36)28-11-9-27(10-12-28)26-7-5-4-6-8-26/h4-17,20,23-24,30,38H,1,18-19,21-22H2,2-3H3,(H,37,39,40). The molecule has 8 nitrogen and oxygen atoms in total. The second-order valence-electron chi connectivity index (χ2n) is 11.5. The average Bonchev–Trinajstić information content (AvgIpc) is 3.68. The van der Waals surface area contributed by atoms with Crippen LogP contribution in [0.2, 0.25) is 0 Å². The van der Waals surface area contributed by atoms with E-state index >= 15 is 0 Å². The number of hydrogen-bond acceptors (Lipinski definition) is 8. The van der Waals surface area contributed by atoms with Gasteiger partial charge in [-0.15, -0.1) is 11.3 Å². The van der Waals surface area contributed by atoms with Gasteiger partial charge in [-0.25, -0.2) is 15.0 Å². The van der Waals surface area contributed by atoms with Crippen LogP contribution in [-0.2, 0) is 0 Å². The smallest absolute Gasteiger partial charge is 0.223 e. The Hall–Kier alpha value is -5.15. The molecule has 0 unspecified atom stereocenters. The average molecular weight is 613 g/mol. The fourth-order valence-corrected chi connectivity index (χ4v) is 6.52. The maximum absolute atomic E-state index is 5.01. The third-order valence-electron chi connectivity index (χ3n) is 8.31. The van der Waals surface area contributed by atoms with Gasteiger partial charge in [-0.2, -0.15) is 0 Å². The van der Waals surface area contributed by atoms with Gasteiger partial charge in [0.2, 0.25) is 5.95 Å². The molecule has 1 saturated heterocycles. The van der Waals surface area contributed by atoms with Crippen LogP contribution < -0.4 is 15.5 Å². The Bertz CT molecular complexity index is 1900. The molecule has 4 heterocycles. The molecule has 6 aromatic rings. The topological polar surface area (TPSA) is 73.6 Å². The number of anilines is 3. The maximum atomic E-state index is 5.01. The van der Waals surface area contributed by atoms with E-state index in [1.807, 2.05) is 32.4 Å². The van der Waals surface area contributed by atoms with Crippen LogP contribution in [0.5, 0.6) is 0 Å². The summed E-state index contributed by atoms with van der Waals surface area (Å²) in [5.74, 6) is 1.56. The molecular formula is C36H36N8S. The van der Waals surface area contributed by atoms with Crippen molar-refractivity contribution >= 4 is 33.6 Å². The monoisotopic (exact) mass is 612 g/mol. The van der Waals surface area contributed by atoms with Crippen LogP contribution in [0.25, 0.3) is 38.7 Å². The lowest BCUT2D eigenvalue weighted by molar-refractivity contribution is 0.275. The Balaban J connectivity index is 1.04. The molecule has 0 radical (unpaired) electrons. The summed E-state index contributed by atoms with van der Waals surface area (Å²) in [5.41, 5.74) is 8.39. The lowest BCUT2D eigenvalue weighted by Crippen LogP contribution is -2.40. The molecule has 0 bridgehead atoms. The van der Waals surface area contributed by atoms with Gasteiger partial charge in [-0.05, 0) is 54.3 Å². The number of benzene rings is 3. The first-order valence-corrected chi connectivity index (χ1v) is 16.1. The van der Waals surface area contributed by atoms with Crippen LogP contribution >= 0.6 is 11.3 Å². The van der Waals surface area contributed by atoms with Crippen LogP contribution in [0.15, 0.2) is 115 Å². The highest BCUT2D eigenvalue weighted by molar-refractivity contribution is 7.15. The summed E-state index contributed by atoms with van der Waals surface area (Å²) in [7, 11) is 4.09. The van der Waals surface area contributed by atoms with Gasteiger partial charge in [0.15, 0.2) is 4.96 Å². The molecule has 3 aromatic heterocycles. The molecule has 7 rings (SSSR count). The van der Waals surface area contributed by atoms with Gasteiger partial charge in [0.25, 0.3) is 0 Å². The minimum absolute atomic E-state index is 0.278. The van der Waals surface area contributed by atoms with E-state index in [4.69, 9.17) is 9.97 Å². The van der Waals surface area contributed by atoms with Gasteiger partial charge in [0.05, 0.1) is 17.2 Å². The predicted molar refractivity (Wildman–Crippen MR) is 187 cm³/mol. The normalized spacial score (nSPS) is 13.6. The first-order chi connectivity index (χ1) is 22.0. The summed E-state index contributed by atoms with van der Waals surface area (Å²) < 4.78 is 2.13. The number of imidazole rings is 1. The summed E-state index contributed by atoms with van der Waals surface area (Å²) in [6.07, 6.45) is 5.83. The number of nitrogens with one attached hydrogen (secondary N) is 2. The first kappa shape index (κ1) is 28.6. The highest BCUT2D eigenvalue weighted by Crippen LogP contribution is 2.35. The van der Waals surface area contributed by atoms with E-state index in [2.05, 4.69) is 121 Å². The van der Waals surface area contributed by atoms with Crippen molar-refractivity contribution in [2.75, 3.05) is 42.7 Å². The number of piperidine rings is 1. The molecule has 3 aromatic carbocycles. The molecule has 2 N–H and O–H groups in total. The SMILES string of the molecule is C=C(Nc1ccc(N(C)C)cc1)N1CCC(Nc2nccc(-c3c(-c4ccc(-c5ccccc5)cc4)nc4sccn34)n2)CC1. The van der Waals surface area contributed by atoms with Gasteiger partial charge < -0.3 is 20.4 Å². The zero-order valence-corrected chi connectivity index (χ0v) is 26.3. The summed E-state index contributed by atoms with van der Waals surface area (Å²) >= 11 is 1.62. The van der Waals surface area contributed by atoms with Gasteiger partial charge in [-0.3, -0.25) is 4.40 Å². The van der Waals surface area contributed by atoms with Crippen molar-refractivity contribution in [2.45, 2.75) is 18.9 Å². The molecule has 1 aliphatic rings. The minimum atomic E-state index is 0.278. The second kappa shape index (κ2) is 12.5. The summed E-state index contributed by atoms with van der Waals surface area (Å²) in [6, 6.07) is 29.7. The third-order valence-corrected chi connectivity index (χ3v) is 9.06. The highest BCUT2D eigenvalue weighted by Gasteiger charge is 2.22. The van der Waals surface area contributed by atoms with Gasteiger partial charge >= 0.3 is 0 Å². The summed E-state index contributed by atoms with van der Waals surface area (Å²) in [6.45, 7) is 6.11. The van der Waals surface area contributed by atoms with Crippen molar-refractivity contribution in [3.05, 3.63) is 115 Å². The fraction of sp³-hybridized carbons (Fsp3) is 0.194. The van der Waals surface area contributed by atoms with E-state index in [0.29, 0.717) is 5.95 Å². The van der Waals surface area contributed by atoms with Crippen molar-refractivity contribution in [2.24, 2.45) is 0 Å². The molecule has 9 heteroatoms. The first-order valence-electron chi connectivity index (χ1n) is 15.2. The number of hydrogen-bond donors (Lipinski definition) is 2. The molecule has 0 aliphatic carbocycles. The Labute approximate surface area is 267 Å². The predicted octanol–water partition coefficient (Wildman–Crippen LogP) is 7.71. The van der Waals surface area contributed by atoms with E-state index in [1.54, 1.807) is 11.3 Å². The number of likely N-dealkylation sites (tertiary alicyclic amines) is 1. The van der Waals surface area contributed by atoms with Gasteiger partial charge in [-0.1, -0.05) is 61.2 Å². The second-order valence-corrected chi connectivity index (χ2v) is 12.4. The van der Waals surface area contributed by atoms with E-state index < -0.39 is 0 Å². The lowest BCUT2D eigenvalue weighted by atomic mass is 10.0. The number of aromatic nitrogens is 4. The minimum Gasteiger partial charge on any atom is -0.378 e. The molecule has 0 saturated carbocycles. The molecule has 45 heavy (non-hydrogen) atoms. The molecule has 0 spiro atoms. The highest BCUT2D eigenvalue weighted by atomic mass is 32.1. The van der Waals surface area contributed by atoms with Crippen molar-refractivity contribution in [1.29, 1.82) is 0 Å². The molecule has 0 atom stereocenters. The van der Waals surface area contributed by atoms with Gasteiger partial charge in [0, 0.05) is 67.9 Å². The lowest BCUT2D eigenvalue weighted by Gasteiger charge is -2.35. The Morgan fingerprint density at radius 1 is 0.867 bits per heavy atom. The zero-order valence-electron chi connectivity index (χ0n) is 25.5. The maximum Gasteiger partial charge on any atom is 0.223 e. The Morgan fingerprint density at radius 2 is 1.58 bits per heavy atom. The van der Waals surface area contributed by atoms with Crippen LogP contribution in [0.1, 0.15) is 12.8 Å². The Morgan fingerprint density at radius 3 is 2.31 bits per heavy atom. The van der Waals surface area contributed by atoms with E-state index in [9.17, 15) is 0 Å². The Kier molecular flexibility index (Phi) is 7.92.